The molecule has 0 saturated heterocycles. The highest BCUT2D eigenvalue weighted by molar-refractivity contribution is 6.15. The van der Waals surface area contributed by atoms with Crippen molar-refractivity contribution in [2.24, 2.45) is 0 Å². The maximum absolute atomic E-state index is 5.23. The molecule has 11 rings (SSSR count). The molecule has 11 aromatic rings. The molecule has 0 fully saturated rings. The van der Waals surface area contributed by atoms with Crippen molar-refractivity contribution < 1.29 is 0 Å². The molecular weight excluding hydrogens is 703 g/mol. The first kappa shape index (κ1) is 33.6. The first-order chi connectivity index (χ1) is 28.7. The van der Waals surface area contributed by atoms with Crippen LogP contribution < -0.4 is 0 Å². The van der Waals surface area contributed by atoms with Crippen molar-refractivity contribution in [1.82, 2.24) is 15.0 Å². The van der Waals surface area contributed by atoms with Crippen molar-refractivity contribution in [2.75, 3.05) is 0 Å². The average Bonchev–Trinajstić information content (AvgIpc) is 3.31. The third kappa shape index (κ3) is 5.98. The molecule has 0 N–H and O–H groups in total. The summed E-state index contributed by atoms with van der Waals surface area (Å²) in [5.74, 6) is 0.684. The highest BCUT2D eigenvalue weighted by Crippen LogP contribution is 2.38. The van der Waals surface area contributed by atoms with Gasteiger partial charge in [-0.25, -0.2) is 9.97 Å². The van der Waals surface area contributed by atoms with Gasteiger partial charge in [-0.1, -0.05) is 176 Å². The first-order valence-electron chi connectivity index (χ1n) is 19.7. The molecule has 0 saturated carbocycles. The maximum Gasteiger partial charge on any atom is 0.160 e. The predicted molar refractivity (Wildman–Crippen MR) is 242 cm³/mol. The molecule has 0 amide bonds. The summed E-state index contributed by atoms with van der Waals surface area (Å²) in [5, 5.41) is 10.0. The van der Waals surface area contributed by atoms with Crippen molar-refractivity contribution in [3.63, 3.8) is 0 Å². The van der Waals surface area contributed by atoms with Crippen molar-refractivity contribution in [3.8, 4) is 67.3 Å². The molecule has 0 spiro atoms. The summed E-state index contributed by atoms with van der Waals surface area (Å²) in [6.45, 7) is 0. The third-order valence-corrected chi connectivity index (χ3v) is 11.4. The minimum Gasteiger partial charge on any atom is -0.264 e. The number of nitrogens with zero attached hydrogens (tertiary/aromatic N) is 3. The van der Waals surface area contributed by atoms with Crippen LogP contribution in [-0.4, -0.2) is 15.0 Å². The number of hydrogen-bond donors (Lipinski definition) is 0. The number of pyridine rings is 1. The van der Waals surface area contributed by atoms with Crippen LogP contribution in [-0.2, 0) is 0 Å². The van der Waals surface area contributed by atoms with Gasteiger partial charge >= 0.3 is 0 Å². The van der Waals surface area contributed by atoms with Gasteiger partial charge in [0.1, 0.15) is 0 Å². The fourth-order valence-corrected chi connectivity index (χ4v) is 8.44. The molecule has 0 aliphatic carbocycles. The third-order valence-electron chi connectivity index (χ3n) is 11.4. The summed E-state index contributed by atoms with van der Waals surface area (Å²) in [5.41, 5.74) is 11.7. The predicted octanol–water partition coefficient (Wildman–Crippen LogP) is 14.5. The summed E-state index contributed by atoms with van der Waals surface area (Å²) in [7, 11) is 0. The van der Waals surface area contributed by atoms with Crippen molar-refractivity contribution in [1.29, 1.82) is 0 Å². The van der Waals surface area contributed by atoms with E-state index in [1.54, 1.807) is 6.20 Å². The molecular formula is C55H35N3. The monoisotopic (exact) mass is 737 g/mol. The molecule has 2 aromatic heterocycles. The lowest BCUT2D eigenvalue weighted by atomic mass is 9.92. The zero-order chi connectivity index (χ0) is 38.4. The molecule has 0 aliphatic rings. The Labute approximate surface area is 336 Å². The lowest BCUT2D eigenvalue weighted by molar-refractivity contribution is 1.18. The van der Waals surface area contributed by atoms with Crippen molar-refractivity contribution >= 4 is 43.1 Å². The molecule has 0 atom stereocenters. The van der Waals surface area contributed by atoms with Gasteiger partial charge in [-0.05, 0) is 101 Å². The van der Waals surface area contributed by atoms with Crippen LogP contribution in [0.1, 0.15) is 0 Å². The van der Waals surface area contributed by atoms with Gasteiger partial charge in [0.05, 0.1) is 11.4 Å². The van der Waals surface area contributed by atoms with E-state index in [0.717, 1.165) is 44.8 Å². The van der Waals surface area contributed by atoms with Crippen LogP contribution in [0.4, 0.5) is 0 Å². The van der Waals surface area contributed by atoms with E-state index in [-0.39, 0.29) is 0 Å². The standard InChI is InChI=1S/C55H35N3/c1-3-13-45-42(10-1)32-51(49-17-7-5-15-47(45)49)37-21-27-40(28-22-37)54-34-53(39-25-19-36(20-26-39)44-12-9-31-56-35-44)57-55(58-54)41-29-23-38(24-30-41)52-33-43-11-2-4-14-46(43)48-16-6-8-18-50(48)52/h1-35H. The zero-order valence-corrected chi connectivity index (χ0v) is 31.5. The zero-order valence-electron chi connectivity index (χ0n) is 31.5. The van der Waals surface area contributed by atoms with Gasteiger partial charge in [0.2, 0.25) is 0 Å². The molecule has 0 bridgehead atoms. The summed E-state index contributed by atoms with van der Waals surface area (Å²) >= 11 is 0. The Balaban J connectivity index is 1.01. The number of fused-ring (bicyclic) bond motifs is 6. The maximum atomic E-state index is 5.23. The second-order valence-electron chi connectivity index (χ2n) is 14.8. The van der Waals surface area contributed by atoms with E-state index in [1.807, 2.05) is 12.3 Å². The first-order valence-corrected chi connectivity index (χ1v) is 19.7. The van der Waals surface area contributed by atoms with E-state index in [9.17, 15) is 0 Å². The van der Waals surface area contributed by atoms with Gasteiger partial charge in [-0.2, -0.15) is 0 Å². The summed E-state index contributed by atoms with van der Waals surface area (Å²) < 4.78 is 0. The fraction of sp³-hybridized carbons (Fsp3) is 0. The fourth-order valence-electron chi connectivity index (χ4n) is 8.44. The Morgan fingerprint density at radius 3 is 1.17 bits per heavy atom. The molecule has 3 heteroatoms. The Bertz CT molecular complexity index is 3120. The van der Waals surface area contributed by atoms with E-state index in [1.165, 1.54) is 59.8 Å². The molecule has 2 heterocycles. The van der Waals surface area contributed by atoms with Crippen molar-refractivity contribution in [2.45, 2.75) is 0 Å². The van der Waals surface area contributed by atoms with E-state index >= 15 is 0 Å². The quantitative estimate of drug-likeness (QED) is 0.160. The molecule has 270 valence electrons. The largest absolute Gasteiger partial charge is 0.264 e. The molecule has 3 nitrogen and oxygen atoms in total. The Morgan fingerprint density at radius 2 is 0.690 bits per heavy atom. The second-order valence-corrected chi connectivity index (χ2v) is 14.8. The SMILES string of the molecule is c1cncc(-c2ccc(-c3cc(-c4ccc(-c5cc6ccccc6c6ccccc56)cc4)nc(-c4ccc(-c5cc6ccccc6c6ccccc56)cc4)n3)cc2)c1. The highest BCUT2D eigenvalue weighted by Gasteiger charge is 2.15. The molecule has 0 unspecified atom stereocenters. The smallest absolute Gasteiger partial charge is 0.160 e. The molecule has 0 aliphatic heterocycles. The van der Waals surface area contributed by atoms with Gasteiger partial charge in [-0.3, -0.25) is 4.98 Å². The van der Waals surface area contributed by atoms with Gasteiger partial charge < -0.3 is 0 Å². The number of rotatable bonds is 6. The van der Waals surface area contributed by atoms with E-state index < -0.39 is 0 Å². The lowest BCUT2D eigenvalue weighted by Crippen LogP contribution is -1.96. The minimum atomic E-state index is 0.684. The van der Waals surface area contributed by atoms with Crippen LogP contribution in [0, 0.1) is 0 Å². The summed E-state index contributed by atoms with van der Waals surface area (Å²) in [4.78, 5) is 14.8. The van der Waals surface area contributed by atoms with Gasteiger partial charge in [0.25, 0.3) is 0 Å². The van der Waals surface area contributed by atoms with Crippen LogP contribution in [0.2, 0.25) is 0 Å². The van der Waals surface area contributed by atoms with E-state index in [2.05, 4.69) is 199 Å². The average molecular weight is 738 g/mol. The van der Waals surface area contributed by atoms with E-state index in [4.69, 9.17) is 9.97 Å². The topological polar surface area (TPSA) is 38.7 Å². The Kier molecular flexibility index (Phi) is 8.15. The summed E-state index contributed by atoms with van der Waals surface area (Å²) in [6.07, 6.45) is 3.69. The minimum absolute atomic E-state index is 0.684. The van der Waals surface area contributed by atoms with Crippen LogP contribution in [0.25, 0.3) is 110 Å². The second kappa shape index (κ2) is 14.1. The van der Waals surface area contributed by atoms with Crippen LogP contribution in [0.3, 0.4) is 0 Å². The Hall–Kier alpha value is -7.75. The summed E-state index contributed by atoms with van der Waals surface area (Å²) in [6, 6.07) is 71.5. The highest BCUT2D eigenvalue weighted by atomic mass is 14.9. The van der Waals surface area contributed by atoms with Crippen LogP contribution >= 0.6 is 0 Å². The van der Waals surface area contributed by atoms with Gasteiger partial charge in [-0.15, -0.1) is 0 Å². The van der Waals surface area contributed by atoms with Crippen LogP contribution in [0.15, 0.2) is 213 Å². The van der Waals surface area contributed by atoms with Crippen molar-refractivity contribution in [3.05, 3.63) is 213 Å². The van der Waals surface area contributed by atoms with E-state index in [0.29, 0.717) is 5.82 Å². The Morgan fingerprint density at radius 1 is 0.276 bits per heavy atom. The normalized spacial score (nSPS) is 11.4. The van der Waals surface area contributed by atoms with Gasteiger partial charge in [0, 0.05) is 29.1 Å². The number of hydrogen-bond acceptors (Lipinski definition) is 3. The molecule has 58 heavy (non-hydrogen) atoms. The van der Waals surface area contributed by atoms with Crippen LogP contribution in [0.5, 0.6) is 0 Å². The number of benzene rings is 9. The molecule has 0 radical (unpaired) electrons. The number of aromatic nitrogens is 3. The molecule has 9 aromatic carbocycles. The van der Waals surface area contributed by atoms with Gasteiger partial charge in [0.15, 0.2) is 5.82 Å². The lowest BCUT2D eigenvalue weighted by Gasteiger charge is -2.13.